The Balaban J connectivity index is 1.59. The largest absolute Gasteiger partial charge is 0.573 e. The van der Waals surface area contributed by atoms with Crippen LogP contribution in [0.25, 0.3) is 17.1 Å². The second-order valence-corrected chi connectivity index (χ2v) is 8.05. The minimum Gasteiger partial charge on any atom is -0.406 e. The zero-order valence-corrected chi connectivity index (χ0v) is 20.3. The van der Waals surface area contributed by atoms with Gasteiger partial charge in [0.1, 0.15) is 12.1 Å². The molecule has 190 valence electrons. The monoisotopic (exact) mass is 526 g/mol. The van der Waals surface area contributed by atoms with Crippen LogP contribution in [0.4, 0.5) is 24.5 Å². The molecule has 0 aliphatic heterocycles. The first-order chi connectivity index (χ1) is 17.6. The van der Waals surface area contributed by atoms with Crippen molar-refractivity contribution >= 4 is 34.8 Å². The second kappa shape index (κ2) is 10.7. The van der Waals surface area contributed by atoms with Crippen molar-refractivity contribution in [2.75, 3.05) is 4.90 Å². The molecule has 0 saturated heterocycles. The highest BCUT2D eigenvalue weighted by atomic mass is 32.1. The molecule has 4 rings (SSSR count). The van der Waals surface area contributed by atoms with E-state index in [2.05, 4.69) is 14.8 Å². The molecule has 37 heavy (non-hydrogen) atoms. The number of nitrogens with one attached hydrogen (secondary N) is 1. The maximum Gasteiger partial charge on any atom is 0.573 e. The summed E-state index contributed by atoms with van der Waals surface area (Å²) in [6, 6.07) is 19.8. The third-order valence-electron chi connectivity index (χ3n) is 5.22. The molecule has 0 aliphatic rings. The Hall–Kier alpha value is -4.45. The minimum absolute atomic E-state index is 0.249. The van der Waals surface area contributed by atoms with E-state index in [0.29, 0.717) is 22.8 Å². The lowest BCUT2D eigenvalue weighted by molar-refractivity contribution is -0.274. The van der Waals surface area contributed by atoms with Crippen LogP contribution in [0.15, 0.2) is 79.1 Å². The van der Waals surface area contributed by atoms with Crippen LogP contribution in [0.5, 0.6) is 5.75 Å². The van der Waals surface area contributed by atoms with Crippen molar-refractivity contribution in [2.24, 2.45) is 5.73 Å². The molecule has 3 N–H and O–H groups in total. The maximum atomic E-state index is 12.4. The van der Waals surface area contributed by atoms with E-state index in [-0.39, 0.29) is 16.9 Å². The number of nitrogens with zero attached hydrogens (tertiary/aromatic N) is 4. The summed E-state index contributed by atoms with van der Waals surface area (Å²) >= 11 is 4.82. The molecule has 1 heterocycles. The number of ether oxygens (including phenoxy) is 2. The fourth-order valence-electron chi connectivity index (χ4n) is 3.61. The van der Waals surface area contributed by atoms with Gasteiger partial charge in [-0.1, -0.05) is 25.1 Å². The number of para-hydroxylation sites is 1. The number of hydrogen-bond donors (Lipinski definition) is 2. The highest BCUT2D eigenvalue weighted by Gasteiger charge is 2.31. The van der Waals surface area contributed by atoms with E-state index in [1.54, 1.807) is 29.2 Å². The third-order valence-corrected chi connectivity index (χ3v) is 5.31. The molecule has 0 unspecified atom stereocenters. The van der Waals surface area contributed by atoms with Gasteiger partial charge in [0.05, 0.1) is 17.1 Å². The average Bonchev–Trinajstić information content (AvgIpc) is 3.34. The van der Waals surface area contributed by atoms with Crippen LogP contribution in [0.3, 0.4) is 0 Å². The van der Waals surface area contributed by atoms with Crippen LogP contribution in [-0.4, -0.2) is 32.3 Å². The van der Waals surface area contributed by atoms with E-state index in [1.807, 2.05) is 31.2 Å². The Labute approximate surface area is 215 Å². The van der Waals surface area contributed by atoms with E-state index in [1.165, 1.54) is 35.3 Å². The van der Waals surface area contributed by atoms with Gasteiger partial charge in [0.15, 0.2) is 5.82 Å². The first-order valence-electron chi connectivity index (χ1n) is 11.0. The Bertz CT molecular complexity index is 1410. The molecular weight excluding hydrogens is 505 g/mol. The van der Waals surface area contributed by atoms with Crippen molar-refractivity contribution in [3.8, 4) is 22.8 Å². The molecule has 12 heteroatoms. The van der Waals surface area contributed by atoms with Crippen molar-refractivity contribution in [3.63, 3.8) is 0 Å². The first-order valence-corrected chi connectivity index (χ1v) is 11.4. The number of alkyl halides is 3. The minimum atomic E-state index is -4.76. The Kier molecular flexibility index (Phi) is 7.39. The predicted molar refractivity (Wildman–Crippen MR) is 137 cm³/mol. The zero-order chi connectivity index (χ0) is 26.6. The molecule has 0 atom stereocenters. The van der Waals surface area contributed by atoms with Crippen molar-refractivity contribution < 1.29 is 22.6 Å². The van der Waals surface area contributed by atoms with Gasteiger partial charge in [-0.15, -0.1) is 18.3 Å². The normalized spacial score (nSPS) is 11.1. The van der Waals surface area contributed by atoms with Gasteiger partial charge >= 0.3 is 12.4 Å². The number of thiocarbonyl (C=S) groups is 1. The summed E-state index contributed by atoms with van der Waals surface area (Å²) in [5, 5.41) is 12.6. The van der Waals surface area contributed by atoms with Gasteiger partial charge in [0, 0.05) is 5.56 Å². The number of nitrogens with two attached hydrogens (primary N) is 1. The molecule has 0 radical (unpaired) electrons. The summed E-state index contributed by atoms with van der Waals surface area (Å²) in [6.07, 6.45) is -2.57. The molecule has 3 aromatic carbocycles. The fraction of sp³-hybridized carbons (Fsp3) is 0.120. The standard InChI is InChI=1S/C25H21F3N6O2S/c1-2-16-5-3-4-6-21(16)34(23(29)35-24(30)37)19-9-7-17(8-10-19)22-31-15-33(32-22)18-11-13-20(14-12-18)36-25(26,27)28/h3-15,29H,2H2,1H3,(H2,30,37). The van der Waals surface area contributed by atoms with Crippen LogP contribution in [0.2, 0.25) is 0 Å². The van der Waals surface area contributed by atoms with E-state index in [0.717, 1.165) is 17.7 Å². The molecule has 0 amide bonds. The number of aryl methyl sites for hydroxylation is 1. The predicted octanol–water partition coefficient (Wildman–Crippen LogP) is 5.73. The maximum absolute atomic E-state index is 12.4. The SMILES string of the molecule is CCc1ccccc1N(C(=N)OC(N)=S)c1ccc(-c2ncn(-c3ccc(OC(F)(F)F)cc3)n2)cc1. The number of amidine groups is 1. The average molecular weight is 527 g/mol. The van der Waals surface area contributed by atoms with Crippen molar-refractivity contribution in [1.82, 2.24) is 14.8 Å². The lowest BCUT2D eigenvalue weighted by atomic mass is 10.1. The molecule has 0 saturated carbocycles. The van der Waals surface area contributed by atoms with E-state index in [9.17, 15) is 13.2 Å². The van der Waals surface area contributed by atoms with E-state index < -0.39 is 6.36 Å². The summed E-state index contributed by atoms with van der Waals surface area (Å²) in [5.74, 6) is 0.0727. The Morgan fingerprint density at radius 1 is 1.05 bits per heavy atom. The highest BCUT2D eigenvalue weighted by molar-refractivity contribution is 7.80. The van der Waals surface area contributed by atoms with Crippen LogP contribution in [0, 0.1) is 5.41 Å². The number of halogens is 3. The summed E-state index contributed by atoms with van der Waals surface area (Å²) < 4.78 is 47.7. The van der Waals surface area contributed by atoms with Gasteiger partial charge in [-0.3, -0.25) is 10.3 Å². The molecule has 0 bridgehead atoms. The van der Waals surface area contributed by atoms with Crippen LogP contribution in [-0.2, 0) is 11.2 Å². The molecule has 0 spiro atoms. The summed E-state index contributed by atoms with van der Waals surface area (Å²) in [7, 11) is 0. The van der Waals surface area contributed by atoms with E-state index in [4.69, 9.17) is 28.1 Å². The first kappa shape index (κ1) is 25.6. The van der Waals surface area contributed by atoms with Gasteiger partial charge in [-0.05, 0) is 78.8 Å². The second-order valence-electron chi connectivity index (χ2n) is 7.65. The number of anilines is 2. The van der Waals surface area contributed by atoms with Gasteiger partial charge in [0.2, 0.25) is 0 Å². The Morgan fingerprint density at radius 3 is 2.35 bits per heavy atom. The quantitative estimate of drug-likeness (QED) is 0.188. The molecule has 8 nitrogen and oxygen atoms in total. The molecule has 4 aromatic rings. The lowest BCUT2D eigenvalue weighted by Crippen LogP contribution is -2.32. The van der Waals surface area contributed by atoms with Crippen LogP contribution >= 0.6 is 12.2 Å². The lowest BCUT2D eigenvalue weighted by Gasteiger charge is -2.26. The molecule has 0 aliphatic carbocycles. The fourth-order valence-corrected chi connectivity index (χ4v) is 3.69. The Morgan fingerprint density at radius 2 is 1.73 bits per heavy atom. The number of benzene rings is 3. The molecular formula is C25H21F3N6O2S. The third kappa shape index (κ3) is 6.22. The smallest absolute Gasteiger partial charge is 0.406 e. The van der Waals surface area contributed by atoms with Crippen molar-refractivity contribution in [2.45, 2.75) is 19.7 Å². The van der Waals surface area contributed by atoms with Gasteiger partial charge < -0.3 is 15.2 Å². The van der Waals surface area contributed by atoms with Crippen molar-refractivity contribution in [1.29, 1.82) is 5.41 Å². The molecule has 0 fully saturated rings. The van der Waals surface area contributed by atoms with Gasteiger partial charge in [0.25, 0.3) is 5.17 Å². The van der Waals surface area contributed by atoms with Gasteiger partial charge in [-0.2, -0.15) is 0 Å². The number of rotatable bonds is 6. The van der Waals surface area contributed by atoms with Crippen molar-refractivity contribution in [3.05, 3.63) is 84.7 Å². The summed E-state index contributed by atoms with van der Waals surface area (Å²) in [6.45, 7) is 2.01. The van der Waals surface area contributed by atoms with Crippen LogP contribution < -0.4 is 15.4 Å². The van der Waals surface area contributed by atoms with Gasteiger partial charge in [-0.25, -0.2) is 9.67 Å². The van der Waals surface area contributed by atoms with E-state index >= 15 is 0 Å². The zero-order valence-electron chi connectivity index (χ0n) is 19.4. The molecule has 1 aromatic heterocycles. The summed E-state index contributed by atoms with van der Waals surface area (Å²) in [5.41, 5.74) is 9.08. The topological polar surface area (TPSA) is 102 Å². The number of aromatic nitrogens is 3. The number of hydrogen-bond acceptors (Lipinski definition) is 6. The van der Waals surface area contributed by atoms with Crippen LogP contribution in [0.1, 0.15) is 12.5 Å². The summed E-state index contributed by atoms with van der Waals surface area (Å²) in [4.78, 5) is 5.90. The highest BCUT2D eigenvalue weighted by Crippen LogP contribution is 2.31.